The molecule has 0 radical (unpaired) electrons. The smallest absolute Gasteiger partial charge is 0.175 e. The summed E-state index contributed by atoms with van der Waals surface area (Å²) in [5, 5.41) is 10.1. The second kappa shape index (κ2) is 9.16. The van der Waals surface area contributed by atoms with E-state index in [2.05, 4.69) is 11.8 Å². The lowest BCUT2D eigenvalue weighted by molar-refractivity contribution is 0.125. The molecule has 0 fully saturated rings. The number of sulfone groups is 1. The second-order valence-corrected chi connectivity index (χ2v) is 11.0. The molecule has 1 heterocycles. The standard InChI is InChI=1S/C23H31NO4S.ClH/c1-16(6-7-17-8-11-21(25)22(12-17)28-23(2,3)4)24-14-18-9-10-20(29(5,26)27)13-19(18)15-24;/h8-13,16,25H,6-7,14-15H2,1-5H3;1H/t16-;/m1./s1. The van der Waals surface area contributed by atoms with Gasteiger partial charge < -0.3 is 9.84 Å². The maximum Gasteiger partial charge on any atom is 0.175 e. The van der Waals surface area contributed by atoms with Crippen LogP contribution in [0.15, 0.2) is 41.3 Å². The topological polar surface area (TPSA) is 66.8 Å². The minimum atomic E-state index is -3.18. The summed E-state index contributed by atoms with van der Waals surface area (Å²) in [6.45, 7) is 9.70. The summed E-state index contributed by atoms with van der Waals surface area (Å²) >= 11 is 0. The van der Waals surface area contributed by atoms with Gasteiger partial charge in [-0.1, -0.05) is 12.1 Å². The van der Waals surface area contributed by atoms with Gasteiger partial charge in [-0.25, -0.2) is 8.42 Å². The normalized spacial score (nSPS) is 15.4. The van der Waals surface area contributed by atoms with E-state index in [-0.39, 0.29) is 23.8 Å². The molecule has 1 aliphatic rings. The Kier molecular flexibility index (Phi) is 7.49. The van der Waals surface area contributed by atoms with Crippen LogP contribution in [0, 0.1) is 0 Å². The lowest BCUT2D eigenvalue weighted by Crippen LogP contribution is -2.28. The molecule has 0 saturated carbocycles. The fourth-order valence-corrected chi connectivity index (χ4v) is 4.29. The SMILES string of the molecule is C[C@H](CCc1ccc(O)c(OC(C)(C)C)c1)N1Cc2ccc(S(C)(=O)=O)cc2C1.Cl. The third-order valence-electron chi connectivity index (χ3n) is 5.27. The average Bonchev–Trinajstić information content (AvgIpc) is 3.03. The summed E-state index contributed by atoms with van der Waals surface area (Å²) in [6.07, 6.45) is 3.09. The van der Waals surface area contributed by atoms with Gasteiger partial charge in [0.05, 0.1) is 4.90 Å². The van der Waals surface area contributed by atoms with Crippen molar-refractivity contribution in [3.05, 3.63) is 53.1 Å². The van der Waals surface area contributed by atoms with E-state index in [1.54, 1.807) is 12.1 Å². The van der Waals surface area contributed by atoms with Crippen molar-refractivity contribution in [3.63, 3.8) is 0 Å². The van der Waals surface area contributed by atoms with Crippen LogP contribution in [0.3, 0.4) is 0 Å². The van der Waals surface area contributed by atoms with Crippen molar-refractivity contribution in [1.82, 2.24) is 4.90 Å². The molecule has 5 nitrogen and oxygen atoms in total. The van der Waals surface area contributed by atoms with Gasteiger partial charge in [0.15, 0.2) is 21.3 Å². The Morgan fingerprint density at radius 1 is 1.10 bits per heavy atom. The number of fused-ring (bicyclic) bond motifs is 1. The van der Waals surface area contributed by atoms with Crippen molar-refractivity contribution in [3.8, 4) is 11.5 Å². The molecule has 0 amide bonds. The highest BCUT2D eigenvalue weighted by Crippen LogP contribution is 2.32. The number of phenols is 1. The lowest BCUT2D eigenvalue weighted by Gasteiger charge is -2.24. The van der Waals surface area contributed by atoms with Gasteiger partial charge in [-0.2, -0.15) is 0 Å². The largest absolute Gasteiger partial charge is 0.504 e. The molecular formula is C23H32ClNO4S. The zero-order chi connectivity index (χ0) is 21.4. The van der Waals surface area contributed by atoms with Crippen LogP contribution in [-0.4, -0.2) is 36.3 Å². The minimum Gasteiger partial charge on any atom is -0.504 e. The third kappa shape index (κ3) is 6.13. The molecule has 0 saturated heterocycles. The van der Waals surface area contributed by atoms with Gasteiger partial charge >= 0.3 is 0 Å². The van der Waals surface area contributed by atoms with E-state index in [1.165, 1.54) is 11.8 Å². The monoisotopic (exact) mass is 453 g/mol. The molecule has 0 aromatic heterocycles. The van der Waals surface area contributed by atoms with Gasteiger partial charge in [0.25, 0.3) is 0 Å². The van der Waals surface area contributed by atoms with Crippen molar-refractivity contribution in [2.24, 2.45) is 0 Å². The first kappa shape index (κ1) is 24.5. The van der Waals surface area contributed by atoms with E-state index >= 15 is 0 Å². The first-order chi connectivity index (χ1) is 13.4. The van der Waals surface area contributed by atoms with E-state index in [1.807, 2.05) is 45.0 Å². The van der Waals surface area contributed by atoms with Crippen LogP contribution in [0.25, 0.3) is 0 Å². The predicted octanol–water partition coefficient (Wildman–Crippen LogP) is 4.73. The van der Waals surface area contributed by atoms with E-state index in [0.29, 0.717) is 16.7 Å². The number of rotatable bonds is 6. The summed E-state index contributed by atoms with van der Waals surface area (Å²) in [5.41, 5.74) is 3.07. The third-order valence-corrected chi connectivity index (χ3v) is 6.38. The maximum absolute atomic E-state index is 11.8. The zero-order valence-corrected chi connectivity index (χ0v) is 19.9. The fraction of sp³-hybridized carbons (Fsp3) is 0.478. The number of aryl methyl sites for hydroxylation is 1. The number of nitrogens with zero attached hydrogens (tertiary/aromatic N) is 1. The highest BCUT2D eigenvalue weighted by molar-refractivity contribution is 7.90. The molecule has 0 unspecified atom stereocenters. The van der Waals surface area contributed by atoms with Crippen molar-refractivity contribution in [1.29, 1.82) is 0 Å². The van der Waals surface area contributed by atoms with Crippen molar-refractivity contribution in [2.45, 2.75) is 70.2 Å². The van der Waals surface area contributed by atoms with Crippen molar-refractivity contribution < 1.29 is 18.3 Å². The summed E-state index contributed by atoms with van der Waals surface area (Å²) in [4.78, 5) is 2.77. The number of halogens is 1. The summed E-state index contributed by atoms with van der Waals surface area (Å²) in [6, 6.07) is 11.4. The molecule has 0 bridgehead atoms. The summed E-state index contributed by atoms with van der Waals surface area (Å²) in [7, 11) is -3.18. The van der Waals surface area contributed by atoms with Crippen LogP contribution in [0.4, 0.5) is 0 Å². The number of hydrogen-bond donors (Lipinski definition) is 1. The first-order valence-electron chi connectivity index (χ1n) is 9.99. The number of ether oxygens (including phenoxy) is 1. The van der Waals surface area contributed by atoms with Gasteiger partial charge in [-0.3, -0.25) is 4.90 Å². The highest BCUT2D eigenvalue weighted by Gasteiger charge is 2.24. The Morgan fingerprint density at radius 3 is 2.40 bits per heavy atom. The Balaban J connectivity index is 0.00000320. The quantitative estimate of drug-likeness (QED) is 0.684. The highest BCUT2D eigenvalue weighted by atomic mass is 35.5. The molecule has 2 aromatic rings. The lowest BCUT2D eigenvalue weighted by atomic mass is 10.0. The Hall–Kier alpha value is -1.76. The molecule has 7 heteroatoms. The molecule has 2 aromatic carbocycles. The van der Waals surface area contributed by atoms with Gasteiger partial charge in [0, 0.05) is 25.4 Å². The van der Waals surface area contributed by atoms with Gasteiger partial charge in [-0.05, 0) is 81.5 Å². The molecule has 1 atom stereocenters. The average molecular weight is 454 g/mol. The molecule has 166 valence electrons. The zero-order valence-electron chi connectivity index (χ0n) is 18.3. The maximum atomic E-state index is 11.8. The Morgan fingerprint density at radius 2 is 1.77 bits per heavy atom. The fourth-order valence-electron chi connectivity index (χ4n) is 3.62. The van der Waals surface area contributed by atoms with Gasteiger partial charge in [0.1, 0.15) is 5.60 Å². The van der Waals surface area contributed by atoms with Crippen LogP contribution in [-0.2, 0) is 29.3 Å². The van der Waals surface area contributed by atoms with E-state index in [9.17, 15) is 13.5 Å². The molecule has 3 rings (SSSR count). The second-order valence-electron chi connectivity index (χ2n) is 9.01. The van der Waals surface area contributed by atoms with Crippen molar-refractivity contribution in [2.75, 3.05) is 6.26 Å². The molecule has 30 heavy (non-hydrogen) atoms. The van der Waals surface area contributed by atoms with Gasteiger partial charge in [0.2, 0.25) is 0 Å². The Bertz CT molecular complexity index is 999. The number of aromatic hydroxyl groups is 1. The van der Waals surface area contributed by atoms with Gasteiger partial charge in [-0.15, -0.1) is 12.4 Å². The van der Waals surface area contributed by atoms with Crippen LogP contribution >= 0.6 is 12.4 Å². The van der Waals surface area contributed by atoms with Crippen LogP contribution in [0.1, 0.15) is 50.8 Å². The van der Waals surface area contributed by atoms with Crippen LogP contribution in [0.5, 0.6) is 11.5 Å². The van der Waals surface area contributed by atoms with Crippen LogP contribution in [0.2, 0.25) is 0 Å². The van der Waals surface area contributed by atoms with E-state index < -0.39 is 9.84 Å². The summed E-state index contributed by atoms with van der Waals surface area (Å²) < 4.78 is 29.5. The number of phenolic OH excluding ortho intramolecular Hbond substituents is 1. The molecule has 0 spiro atoms. The Labute approximate surface area is 186 Å². The number of hydrogen-bond acceptors (Lipinski definition) is 5. The van der Waals surface area contributed by atoms with E-state index in [0.717, 1.165) is 37.1 Å². The van der Waals surface area contributed by atoms with Crippen LogP contribution < -0.4 is 4.74 Å². The molecular weight excluding hydrogens is 422 g/mol. The minimum absolute atomic E-state index is 0. The van der Waals surface area contributed by atoms with E-state index in [4.69, 9.17) is 4.74 Å². The number of benzene rings is 2. The first-order valence-corrected chi connectivity index (χ1v) is 11.9. The molecule has 1 aliphatic heterocycles. The predicted molar refractivity (Wildman–Crippen MR) is 122 cm³/mol. The summed E-state index contributed by atoms with van der Waals surface area (Å²) in [5.74, 6) is 0.679. The molecule has 1 N–H and O–H groups in total. The molecule has 0 aliphatic carbocycles. The van der Waals surface area contributed by atoms with Crippen molar-refractivity contribution >= 4 is 22.2 Å².